The lowest BCUT2D eigenvalue weighted by Gasteiger charge is -2.14. The van der Waals surface area contributed by atoms with Gasteiger partial charge in [-0.15, -0.1) is 0 Å². The number of carbonyl (C=O) groups excluding carboxylic acids is 1. The predicted octanol–water partition coefficient (Wildman–Crippen LogP) is 5.43. The van der Waals surface area contributed by atoms with Crippen molar-refractivity contribution in [1.29, 1.82) is 0 Å². The standard InChI is InChI=1S/C26H21F3N4O2/c27-26(28,29)19-10-6-17(7-11-19)22-14-15-23(33(22)16-24(34)32-25(30)31)18-8-12-21(13-9-18)35-20-4-2-1-3-5-20/h1-15H,16H2,(H4,30,31,32,34). The number of halogens is 3. The van der Waals surface area contributed by atoms with E-state index in [-0.39, 0.29) is 12.5 Å². The molecule has 0 aliphatic carbocycles. The van der Waals surface area contributed by atoms with Crippen LogP contribution in [0.5, 0.6) is 11.5 Å². The van der Waals surface area contributed by atoms with Crippen LogP contribution in [0.2, 0.25) is 0 Å². The first kappa shape index (κ1) is 23.6. The number of aromatic nitrogens is 1. The molecule has 9 heteroatoms. The molecule has 0 spiro atoms. The van der Waals surface area contributed by atoms with Gasteiger partial charge in [-0.05, 0) is 71.8 Å². The molecule has 4 N–H and O–H groups in total. The molecule has 178 valence electrons. The molecular formula is C26H21F3N4O2. The highest BCUT2D eigenvalue weighted by Gasteiger charge is 2.30. The van der Waals surface area contributed by atoms with Crippen molar-refractivity contribution >= 4 is 11.9 Å². The summed E-state index contributed by atoms with van der Waals surface area (Å²) in [7, 11) is 0. The van der Waals surface area contributed by atoms with Gasteiger partial charge in [0.1, 0.15) is 18.0 Å². The molecule has 0 aliphatic rings. The van der Waals surface area contributed by atoms with Crippen LogP contribution in [0.3, 0.4) is 0 Å². The topological polar surface area (TPSA) is 95.6 Å². The quantitative estimate of drug-likeness (QED) is 0.285. The van der Waals surface area contributed by atoms with Gasteiger partial charge in [0.25, 0.3) is 5.91 Å². The van der Waals surface area contributed by atoms with Crippen LogP contribution in [-0.2, 0) is 17.5 Å². The largest absolute Gasteiger partial charge is 0.457 e. The molecule has 35 heavy (non-hydrogen) atoms. The number of ether oxygens (including phenoxy) is 1. The minimum atomic E-state index is -4.45. The van der Waals surface area contributed by atoms with Crippen LogP contribution >= 0.6 is 0 Å². The summed E-state index contributed by atoms with van der Waals surface area (Å²) in [6, 6.07) is 24.8. The van der Waals surface area contributed by atoms with Gasteiger partial charge in [0.15, 0.2) is 5.96 Å². The number of nitrogens with zero attached hydrogens (tertiary/aromatic N) is 2. The van der Waals surface area contributed by atoms with E-state index in [1.165, 1.54) is 12.1 Å². The second-order valence-electron chi connectivity index (χ2n) is 7.63. The molecule has 4 rings (SSSR count). The molecule has 1 amide bonds. The fourth-order valence-corrected chi connectivity index (χ4v) is 3.60. The molecular weight excluding hydrogens is 457 g/mol. The highest BCUT2D eigenvalue weighted by molar-refractivity contribution is 5.92. The SMILES string of the molecule is NC(N)=NC(=O)Cn1c(-c2ccc(Oc3ccccc3)cc2)ccc1-c1ccc(C(F)(F)F)cc1. The lowest BCUT2D eigenvalue weighted by Crippen LogP contribution is -2.25. The van der Waals surface area contributed by atoms with Crippen molar-refractivity contribution < 1.29 is 22.7 Å². The summed E-state index contributed by atoms with van der Waals surface area (Å²) in [4.78, 5) is 16.0. The molecule has 0 atom stereocenters. The van der Waals surface area contributed by atoms with Crippen LogP contribution in [-0.4, -0.2) is 16.4 Å². The highest BCUT2D eigenvalue weighted by atomic mass is 19.4. The second kappa shape index (κ2) is 9.76. The number of hydrogen-bond acceptors (Lipinski definition) is 2. The van der Waals surface area contributed by atoms with Gasteiger partial charge < -0.3 is 20.8 Å². The van der Waals surface area contributed by atoms with Gasteiger partial charge in [0.05, 0.1) is 5.56 Å². The molecule has 0 aliphatic heterocycles. The molecule has 0 bridgehead atoms. The molecule has 4 aromatic rings. The van der Waals surface area contributed by atoms with E-state index in [9.17, 15) is 18.0 Å². The van der Waals surface area contributed by atoms with Crippen LogP contribution < -0.4 is 16.2 Å². The highest BCUT2D eigenvalue weighted by Crippen LogP contribution is 2.34. The molecule has 1 aromatic heterocycles. The number of alkyl halides is 3. The summed E-state index contributed by atoms with van der Waals surface area (Å²) in [5, 5.41) is 0. The van der Waals surface area contributed by atoms with Gasteiger partial charge in [0, 0.05) is 11.4 Å². The lowest BCUT2D eigenvalue weighted by atomic mass is 10.1. The molecule has 0 saturated heterocycles. The lowest BCUT2D eigenvalue weighted by molar-refractivity contribution is -0.137. The number of rotatable bonds is 6. The average molecular weight is 478 g/mol. The van der Waals surface area contributed by atoms with E-state index in [0.717, 1.165) is 17.7 Å². The molecule has 0 radical (unpaired) electrons. The molecule has 0 saturated carbocycles. The number of carbonyl (C=O) groups is 1. The second-order valence-corrected chi connectivity index (χ2v) is 7.63. The summed E-state index contributed by atoms with van der Waals surface area (Å²) in [5.74, 6) is 0.343. The number of hydrogen-bond donors (Lipinski definition) is 2. The Morgan fingerprint density at radius 3 is 1.80 bits per heavy atom. The normalized spacial score (nSPS) is 11.2. The Morgan fingerprint density at radius 1 is 0.771 bits per heavy atom. The van der Waals surface area contributed by atoms with Crippen LogP contribution in [0.4, 0.5) is 13.2 Å². The molecule has 1 heterocycles. The Hall–Kier alpha value is -4.53. The Balaban J connectivity index is 1.69. The summed E-state index contributed by atoms with van der Waals surface area (Å²) in [6.45, 7) is -0.209. The first-order chi connectivity index (χ1) is 16.7. The summed E-state index contributed by atoms with van der Waals surface area (Å²) < 4.78 is 46.5. The number of benzene rings is 3. The summed E-state index contributed by atoms with van der Waals surface area (Å²) >= 11 is 0. The van der Waals surface area contributed by atoms with Crippen LogP contribution in [0.25, 0.3) is 22.5 Å². The van der Waals surface area contributed by atoms with Crippen molar-refractivity contribution in [3.8, 4) is 34.0 Å². The third kappa shape index (κ3) is 5.70. The number of guanidine groups is 1. The Labute approximate surface area is 199 Å². The van der Waals surface area contributed by atoms with E-state index >= 15 is 0 Å². The van der Waals surface area contributed by atoms with Crippen molar-refractivity contribution in [2.75, 3.05) is 0 Å². The minimum Gasteiger partial charge on any atom is -0.457 e. The first-order valence-electron chi connectivity index (χ1n) is 10.5. The van der Waals surface area contributed by atoms with Gasteiger partial charge in [-0.3, -0.25) is 4.79 Å². The van der Waals surface area contributed by atoms with Crippen molar-refractivity contribution in [3.05, 3.63) is 96.6 Å². The van der Waals surface area contributed by atoms with Crippen molar-refractivity contribution in [1.82, 2.24) is 4.57 Å². The van der Waals surface area contributed by atoms with E-state index in [1.807, 2.05) is 42.5 Å². The summed E-state index contributed by atoms with van der Waals surface area (Å²) in [5.41, 5.74) is 12.4. The zero-order chi connectivity index (χ0) is 25.0. The fraction of sp³-hybridized carbons (Fsp3) is 0.0769. The average Bonchev–Trinajstić information content (AvgIpc) is 3.22. The van der Waals surface area contributed by atoms with Crippen LogP contribution in [0, 0.1) is 0 Å². The van der Waals surface area contributed by atoms with Gasteiger partial charge in [-0.25, -0.2) is 0 Å². The molecule has 0 fully saturated rings. The zero-order valence-electron chi connectivity index (χ0n) is 18.4. The van der Waals surface area contributed by atoms with Crippen LogP contribution in [0.15, 0.2) is 96.0 Å². The number of nitrogens with two attached hydrogens (primary N) is 2. The van der Waals surface area contributed by atoms with Crippen molar-refractivity contribution in [2.45, 2.75) is 12.7 Å². The fourth-order valence-electron chi connectivity index (χ4n) is 3.60. The summed E-state index contributed by atoms with van der Waals surface area (Å²) in [6.07, 6.45) is -4.45. The number of amides is 1. The molecule has 6 nitrogen and oxygen atoms in total. The van der Waals surface area contributed by atoms with Gasteiger partial charge in [-0.1, -0.05) is 30.3 Å². The predicted molar refractivity (Wildman–Crippen MR) is 128 cm³/mol. The Morgan fingerprint density at radius 2 is 1.29 bits per heavy atom. The zero-order valence-corrected chi connectivity index (χ0v) is 18.4. The van der Waals surface area contributed by atoms with E-state index in [2.05, 4.69) is 4.99 Å². The maximum Gasteiger partial charge on any atom is 0.416 e. The van der Waals surface area contributed by atoms with E-state index < -0.39 is 17.6 Å². The van der Waals surface area contributed by atoms with Gasteiger partial charge >= 0.3 is 6.18 Å². The van der Waals surface area contributed by atoms with Crippen molar-refractivity contribution in [3.63, 3.8) is 0 Å². The third-order valence-corrected chi connectivity index (χ3v) is 5.16. The Kier molecular flexibility index (Phi) is 6.59. The minimum absolute atomic E-state index is 0.209. The van der Waals surface area contributed by atoms with Crippen molar-refractivity contribution in [2.24, 2.45) is 16.5 Å². The van der Waals surface area contributed by atoms with Crippen LogP contribution in [0.1, 0.15) is 5.56 Å². The maximum atomic E-state index is 13.0. The number of para-hydroxylation sites is 1. The smallest absolute Gasteiger partial charge is 0.416 e. The molecule has 0 unspecified atom stereocenters. The van der Waals surface area contributed by atoms with Gasteiger partial charge in [0.2, 0.25) is 0 Å². The van der Waals surface area contributed by atoms with E-state index in [0.29, 0.717) is 28.5 Å². The van der Waals surface area contributed by atoms with E-state index in [4.69, 9.17) is 16.2 Å². The molecule has 3 aromatic carbocycles. The Bertz CT molecular complexity index is 1340. The van der Waals surface area contributed by atoms with Gasteiger partial charge in [-0.2, -0.15) is 18.2 Å². The third-order valence-electron chi connectivity index (χ3n) is 5.16. The first-order valence-corrected chi connectivity index (χ1v) is 10.5. The monoisotopic (exact) mass is 478 g/mol. The number of aliphatic imine (C=N–C) groups is 1. The van der Waals surface area contributed by atoms with E-state index in [1.54, 1.807) is 28.8 Å². The maximum absolute atomic E-state index is 13.0.